The van der Waals surface area contributed by atoms with Crippen LogP contribution in [-0.4, -0.2) is 66.7 Å². The van der Waals surface area contributed by atoms with E-state index in [2.05, 4.69) is 10.6 Å². The molecule has 2 fully saturated rings. The van der Waals surface area contributed by atoms with Gasteiger partial charge in [-0.2, -0.15) is 0 Å². The molecule has 1 saturated carbocycles. The van der Waals surface area contributed by atoms with Crippen LogP contribution >= 0.6 is 0 Å². The Balaban J connectivity index is 1.62. The van der Waals surface area contributed by atoms with E-state index in [1.54, 1.807) is 12.1 Å². The largest absolute Gasteiger partial charge is 0.508 e. The lowest BCUT2D eigenvalue weighted by molar-refractivity contribution is -0.151. The molecule has 5 rings (SSSR count). The first-order valence-electron chi connectivity index (χ1n) is 12.9. The summed E-state index contributed by atoms with van der Waals surface area (Å²) in [6.45, 7) is 8.17. The minimum Gasteiger partial charge on any atom is -0.508 e. The summed E-state index contributed by atoms with van der Waals surface area (Å²) in [5, 5.41) is 51.2. The van der Waals surface area contributed by atoms with Gasteiger partial charge in [-0.3, -0.25) is 14.4 Å². The third kappa shape index (κ3) is 3.85. The zero-order valence-corrected chi connectivity index (χ0v) is 22.0. The number of rotatable bonds is 3. The summed E-state index contributed by atoms with van der Waals surface area (Å²) in [6, 6.07) is 3.36. The van der Waals surface area contributed by atoms with Crippen molar-refractivity contribution in [1.82, 2.24) is 10.6 Å². The molecule has 4 aliphatic rings. The average Bonchev–Trinajstić information content (AvgIpc) is 2.76. The van der Waals surface area contributed by atoms with Crippen molar-refractivity contribution in [3.63, 3.8) is 0 Å². The van der Waals surface area contributed by atoms with Crippen molar-refractivity contribution >= 4 is 23.2 Å². The van der Waals surface area contributed by atoms with Crippen LogP contribution in [0, 0.1) is 11.8 Å². The van der Waals surface area contributed by atoms with E-state index in [0.29, 0.717) is 18.4 Å². The fourth-order valence-electron chi connectivity index (χ4n) is 7.50. The van der Waals surface area contributed by atoms with E-state index < -0.39 is 58.0 Å². The molecular weight excluding hydrogens is 490 g/mol. The summed E-state index contributed by atoms with van der Waals surface area (Å²) in [5.41, 5.74) is 2.00. The molecule has 204 valence electrons. The minimum absolute atomic E-state index is 0.0635. The number of phenols is 1. The monoisotopic (exact) mass is 525 g/mol. The summed E-state index contributed by atoms with van der Waals surface area (Å²) in [7, 11) is 0. The van der Waals surface area contributed by atoms with Gasteiger partial charge in [0.15, 0.2) is 11.4 Å². The Morgan fingerprint density at radius 1 is 1.08 bits per heavy atom. The molecule has 10 heteroatoms. The number of aliphatic hydroxyl groups excluding tert-OH is 2. The molecule has 1 saturated heterocycles. The smallest absolute Gasteiger partial charge is 0.255 e. The van der Waals surface area contributed by atoms with Gasteiger partial charge >= 0.3 is 0 Å². The number of nitrogens with one attached hydrogen (secondary N) is 2. The van der Waals surface area contributed by atoms with Gasteiger partial charge in [0.25, 0.3) is 5.91 Å². The maximum absolute atomic E-state index is 13.9. The molecule has 1 aromatic carbocycles. The molecule has 1 aromatic rings. The third-order valence-electron chi connectivity index (χ3n) is 8.54. The summed E-state index contributed by atoms with van der Waals surface area (Å²) < 4.78 is 0. The van der Waals surface area contributed by atoms with E-state index in [1.165, 1.54) is 6.07 Å². The fourth-order valence-corrected chi connectivity index (χ4v) is 7.50. The van der Waals surface area contributed by atoms with Gasteiger partial charge in [-0.15, -0.1) is 0 Å². The lowest BCUT2D eigenvalue weighted by Gasteiger charge is -2.51. The van der Waals surface area contributed by atoms with Crippen LogP contribution in [0.2, 0.25) is 0 Å². The average molecular weight is 526 g/mol. The van der Waals surface area contributed by atoms with Crippen molar-refractivity contribution < 1.29 is 34.8 Å². The second kappa shape index (κ2) is 8.39. The van der Waals surface area contributed by atoms with Gasteiger partial charge in [-0.25, -0.2) is 0 Å². The molecule has 3 aliphatic carbocycles. The quantitative estimate of drug-likeness (QED) is 0.286. The highest BCUT2D eigenvalue weighted by Crippen LogP contribution is 2.52. The lowest BCUT2D eigenvalue weighted by Crippen LogP contribution is -2.69. The molecule has 0 bridgehead atoms. The number of carbonyl (C=O) groups excluding carboxylic acids is 3. The van der Waals surface area contributed by atoms with E-state index in [0.717, 1.165) is 0 Å². The number of Topliss-reactive ketones (excluding diaryl/α,β-unsaturated/α-hetero) is 2. The number of ketones is 2. The summed E-state index contributed by atoms with van der Waals surface area (Å²) in [5.74, 6) is -6.52. The van der Waals surface area contributed by atoms with Crippen molar-refractivity contribution in [2.45, 2.75) is 82.1 Å². The van der Waals surface area contributed by atoms with Gasteiger partial charge in [0, 0.05) is 28.6 Å². The van der Waals surface area contributed by atoms with Crippen LogP contribution in [0.4, 0.5) is 0 Å². The number of carbonyl (C=O) groups is 3. The van der Waals surface area contributed by atoms with E-state index in [-0.39, 0.29) is 46.8 Å². The number of benzene rings is 1. The second-order valence-corrected chi connectivity index (χ2v) is 12.5. The molecular formula is C28H35N3O7. The number of primary amides is 1. The zero-order chi connectivity index (χ0) is 27.9. The van der Waals surface area contributed by atoms with Crippen LogP contribution in [0.15, 0.2) is 35.1 Å². The van der Waals surface area contributed by atoms with Gasteiger partial charge in [0.1, 0.15) is 22.8 Å². The highest BCUT2D eigenvalue weighted by Gasteiger charge is 2.64. The van der Waals surface area contributed by atoms with Crippen LogP contribution in [0.3, 0.4) is 0 Å². The van der Waals surface area contributed by atoms with Gasteiger partial charge < -0.3 is 36.8 Å². The van der Waals surface area contributed by atoms with Crippen molar-refractivity contribution in [2.75, 3.05) is 0 Å². The molecule has 0 radical (unpaired) electrons. The first kappa shape index (κ1) is 26.4. The van der Waals surface area contributed by atoms with E-state index in [4.69, 9.17) is 5.73 Å². The second-order valence-electron chi connectivity index (χ2n) is 12.5. The van der Waals surface area contributed by atoms with E-state index in [9.17, 15) is 34.8 Å². The molecule has 1 aliphatic heterocycles. The number of aliphatic hydroxyl groups is 3. The molecule has 0 spiro atoms. The normalized spacial score (nSPS) is 32.5. The zero-order valence-electron chi connectivity index (χ0n) is 22.0. The van der Waals surface area contributed by atoms with Crippen molar-refractivity contribution in [3.8, 4) is 5.75 Å². The first-order valence-corrected chi connectivity index (χ1v) is 12.9. The highest BCUT2D eigenvalue weighted by atomic mass is 16.3. The molecule has 1 heterocycles. The molecule has 8 N–H and O–H groups in total. The SMILES string of the molecule is CC1(C)CC(NC2C(=O)C(C(N)=O)=C(O)C3(O)C(=O)C4=C(O)c5c(O)cccc5CC4CC23)CC(C)(C)N1. The number of nitrogens with two attached hydrogens (primary N) is 1. The number of hydrogen-bond acceptors (Lipinski definition) is 9. The van der Waals surface area contributed by atoms with Gasteiger partial charge in [-0.05, 0) is 70.9 Å². The maximum atomic E-state index is 13.9. The lowest BCUT2D eigenvalue weighted by atomic mass is 9.57. The van der Waals surface area contributed by atoms with Crippen molar-refractivity contribution in [3.05, 3.63) is 46.2 Å². The minimum atomic E-state index is -2.66. The number of amides is 1. The van der Waals surface area contributed by atoms with Gasteiger partial charge in [0.05, 0.1) is 11.6 Å². The van der Waals surface area contributed by atoms with Crippen molar-refractivity contribution in [1.29, 1.82) is 0 Å². The third-order valence-corrected chi connectivity index (χ3v) is 8.54. The molecule has 4 atom stereocenters. The Kier molecular flexibility index (Phi) is 5.83. The predicted octanol–water partition coefficient (Wildman–Crippen LogP) is 1.30. The Morgan fingerprint density at radius 3 is 2.32 bits per heavy atom. The Morgan fingerprint density at radius 2 is 1.71 bits per heavy atom. The number of fused-ring (bicyclic) bond motifs is 3. The summed E-state index contributed by atoms with van der Waals surface area (Å²) >= 11 is 0. The van der Waals surface area contributed by atoms with E-state index >= 15 is 0 Å². The molecule has 4 unspecified atom stereocenters. The summed E-state index contributed by atoms with van der Waals surface area (Å²) in [6.07, 6.45) is 1.60. The molecule has 10 nitrogen and oxygen atoms in total. The number of piperidine rings is 1. The van der Waals surface area contributed by atoms with Crippen LogP contribution in [0.25, 0.3) is 5.76 Å². The van der Waals surface area contributed by atoms with E-state index in [1.807, 2.05) is 27.7 Å². The van der Waals surface area contributed by atoms with Crippen LogP contribution < -0.4 is 16.4 Å². The van der Waals surface area contributed by atoms with Crippen LogP contribution in [0.1, 0.15) is 58.1 Å². The maximum Gasteiger partial charge on any atom is 0.255 e. The Hall–Kier alpha value is -3.21. The van der Waals surface area contributed by atoms with Crippen LogP contribution in [0.5, 0.6) is 5.75 Å². The van der Waals surface area contributed by atoms with Gasteiger partial charge in [0.2, 0.25) is 5.78 Å². The fraction of sp³-hybridized carbons (Fsp3) is 0.536. The summed E-state index contributed by atoms with van der Waals surface area (Å²) in [4.78, 5) is 39.9. The Bertz CT molecular complexity index is 1310. The standard InChI is InChI=1S/C28H35N3O7/c1-26(2)10-14(11-27(3,4)31-26)30-20-15-9-13-8-12-6-5-7-16(32)17(12)21(33)18(13)23(35)28(15,38)24(36)19(22(20)34)25(29)37/h5-7,13-15,20,30-33,36,38H,8-11H2,1-4H3,(H2,29,37). The number of phenolic OH excluding ortho intramolecular Hbond substituents is 1. The molecule has 1 amide bonds. The predicted molar refractivity (Wildman–Crippen MR) is 138 cm³/mol. The molecule has 38 heavy (non-hydrogen) atoms. The number of aromatic hydroxyl groups is 1. The van der Waals surface area contributed by atoms with Gasteiger partial charge in [-0.1, -0.05) is 12.1 Å². The topological polar surface area (TPSA) is 182 Å². The van der Waals surface area contributed by atoms with Crippen LogP contribution in [-0.2, 0) is 20.8 Å². The number of hydrogen-bond donors (Lipinski definition) is 7. The Labute approximate surface area is 220 Å². The highest BCUT2D eigenvalue weighted by molar-refractivity contribution is 6.24. The first-order chi connectivity index (χ1) is 17.6. The molecule has 0 aromatic heterocycles. The van der Waals surface area contributed by atoms with Crippen molar-refractivity contribution in [2.24, 2.45) is 17.6 Å².